The number of fused-ring (bicyclic) bond motifs is 1. The van der Waals surface area contributed by atoms with Gasteiger partial charge in [0.2, 0.25) is 0 Å². The molecule has 0 aliphatic carbocycles. The molecule has 0 spiro atoms. The Morgan fingerprint density at radius 2 is 2.00 bits per heavy atom. The SMILES string of the molecule is CN1CCC(O)(C2CCc3ccccc3N2)CC1. The third kappa shape index (κ3) is 2.13. The fourth-order valence-electron chi connectivity index (χ4n) is 3.20. The molecule has 1 atom stereocenters. The molecule has 3 nitrogen and oxygen atoms in total. The van der Waals surface area contributed by atoms with Gasteiger partial charge in [-0.1, -0.05) is 18.2 Å². The molecule has 2 N–H and O–H groups in total. The van der Waals surface area contributed by atoms with Gasteiger partial charge in [-0.05, 0) is 44.4 Å². The summed E-state index contributed by atoms with van der Waals surface area (Å²) < 4.78 is 0. The zero-order valence-corrected chi connectivity index (χ0v) is 11.0. The van der Waals surface area contributed by atoms with Crippen molar-refractivity contribution in [2.45, 2.75) is 37.3 Å². The summed E-state index contributed by atoms with van der Waals surface area (Å²) in [6.45, 7) is 1.99. The largest absolute Gasteiger partial charge is 0.388 e. The van der Waals surface area contributed by atoms with Crippen LogP contribution >= 0.6 is 0 Å². The van der Waals surface area contributed by atoms with Gasteiger partial charge in [0.1, 0.15) is 0 Å². The fourth-order valence-corrected chi connectivity index (χ4v) is 3.20. The lowest BCUT2D eigenvalue weighted by atomic mass is 9.79. The molecule has 18 heavy (non-hydrogen) atoms. The molecule has 0 bridgehead atoms. The number of anilines is 1. The number of aryl methyl sites for hydroxylation is 1. The van der Waals surface area contributed by atoms with Crippen molar-refractivity contribution in [3.05, 3.63) is 29.8 Å². The van der Waals surface area contributed by atoms with E-state index in [1.165, 1.54) is 11.3 Å². The zero-order valence-electron chi connectivity index (χ0n) is 11.0. The lowest BCUT2D eigenvalue weighted by molar-refractivity contribution is -0.0332. The van der Waals surface area contributed by atoms with Crippen LogP contribution in [0.25, 0.3) is 0 Å². The van der Waals surface area contributed by atoms with Crippen molar-refractivity contribution >= 4 is 5.69 Å². The first-order valence-corrected chi connectivity index (χ1v) is 6.93. The summed E-state index contributed by atoms with van der Waals surface area (Å²) in [6, 6.07) is 8.66. The number of para-hydroxylation sites is 1. The van der Waals surface area contributed by atoms with E-state index < -0.39 is 5.60 Å². The summed E-state index contributed by atoms with van der Waals surface area (Å²) in [5, 5.41) is 14.4. The van der Waals surface area contributed by atoms with E-state index in [1.807, 2.05) is 0 Å². The molecule has 1 aromatic carbocycles. The maximum Gasteiger partial charge on any atom is 0.0872 e. The summed E-state index contributed by atoms with van der Waals surface area (Å²) in [7, 11) is 2.13. The first-order valence-electron chi connectivity index (χ1n) is 6.93. The summed E-state index contributed by atoms with van der Waals surface area (Å²) >= 11 is 0. The number of likely N-dealkylation sites (tertiary alicyclic amines) is 1. The van der Waals surface area contributed by atoms with E-state index in [4.69, 9.17) is 0 Å². The molecule has 1 saturated heterocycles. The lowest BCUT2D eigenvalue weighted by Gasteiger charge is -2.44. The average molecular weight is 246 g/mol. The first kappa shape index (κ1) is 12.0. The van der Waals surface area contributed by atoms with E-state index >= 15 is 0 Å². The second-order valence-electron chi connectivity index (χ2n) is 5.80. The molecular formula is C15H22N2O. The number of benzene rings is 1. The van der Waals surface area contributed by atoms with Crippen molar-refractivity contribution in [3.63, 3.8) is 0 Å². The highest BCUT2D eigenvalue weighted by Crippen LogP contribution is 2.34. The molecular weight excluding hydrogens is 224 g/mol. The van der Waals surface area contributed by atoms with E-state index in [-0.39, 0.29) is 6.04 Å². The van der Waals surface area contributed by atoms with Crippen LogP contribution in [0.4, 0.5) is 5.69 Å². The Balaban J connectivity index is 1.75. The van der Waals surface area contributed by atoms with Crippen LogP contribution in [0.15, 0.2) is 24.3 Å². The van der Waals surface area contributed by atoms with Gasteiger partial charge in [-0.15, -0.1) is 0 Å². The van der Waals surface area contributed by atoms with E-state index in [9.17, 15) is 5.11 Å². The number of nitrogens with one attached hydrogen (secondary N) is 1. The highest BCUT2D eigenvalue weighted by molar-refractivity contribution is 5.54. The Morgan fingerprint density at radius 3 is 2.78 bits per heavy atom. The minimum absolute atomic E-state index is 0.209. The number of hydrogen-bond acceptors (Lipinski definition) is 3. The van der Waals surface area contributed by atoms with Crippen LogP contribution in [-0.4, -0.2) is 41.8 Å². The highest BCUT2D eigenvalue weighted by Gasteiger charge is 2.40. The maximum absolute atomic E-state index is 10.9. The van der Waals surface area contributed by atoms with Crippen molar-refractivity contribution in [2.24, 2.45) is 0 Å². The van der Waals surface area contributed by atoms with Crippen LogP contribution in [0, 0.1) is 0 Å². The first-order chi connectivity index (χ1) is 8.67. The molecule has 0 aromatic heterocycles. The van der Waals surface area contributed by atoms with E-state index in [2.05, 4.69) is 41.5 Å². The monoisotopic (exact) mass is 246 g/mol. The van der Waals surface area contributed by atoms with Crippen LogP contribution in [0.3, 0.4) is 0 Å². The number of piperidine rings is 1. The second kappa shape index (κ2) is 4.56. The minimum Gasteiger partial charge on any atom is -0.388 e. The third-order valence-electron chi connectivity index (χ3n) is 4.55. The van der Waals surface area contributed by atoms with E-state index in [0.29, 0.717) is 0 Å². The Hall–Kier alpha value is -1.06. The number of nitrogens with zero attached hydrogens (tertiary/aromatic N) is 1. The predicted molar refractivity (Wildman–Crippen MR) is 73.9 cm³/mol. The van der Waals surface area contributed by atoms with Crippen LogP contribution < -0.4 is 5.32 Å². The molecule has 0 radical (unpaired) electrons. The smallest absolute Gasteiger partial charge is 0.0872 e. The molecule has 2 aliphatic rings. The summed E-state index contributed by atoms with van der Waals surface area (Å²) in [5.41, 5.74) is 2.06. The van der Waals surface area contributed by atoms with Gasteiger partial charge >= 0.3 is 0 Å². The summed E-state index contributed by atoms with van der Waals surface area (Å²) in [6.07, 6.45) is 3.87. The van der Waals surface area contributed by atoms with Crippen molar-refractivity contribution in [3.8, 4) is 0 Å². The van der Waals surface area contributed by atoms with E-state index in [0.717, 1.165) is 38.8 Å². The van der Waals surface area contributed by atoms with Gasteiger partial charge in [0.25, 0.3) is 0 Å². The van der Waals surface area contributed by atoms with Gasteiger partial charge in [0.15, 0.2) is 0 Å². The van der Waals surface area contributed by atoms with Gasteiger partial charge in [0.05, 0.1) is 11.6 Å². The minimum atomic E-state index is -0.528. The van der Waals surface area contributed by atoms with Gasteiger partial charge in [-0.25, -0.2) is 0 Å². The Morgan fingerprint density at radius 1 is 1.28 bits per heavy atom. The Kier molecular flexibility index (Phi) is 3.04. The quantitative estimate of drug-likeness (QED) is 0.794. The molecule has 1 unspecified atom stereocenters. The highest BCUT2D eigenvalue weighted by atomic mass is 16.3. The van der Waals surface area contributed by atoms with Crippen LogP contribution in [-0.2, 0) is 6.42 Å². The number of aliphatic hydroxyl groups is 1. The van der Waals surface area contributed by atoms with Gasteiger partial charge in [0, 0.05) is 18.8 Å². The van der Waals surface area contributed by atoms with Gasteiger partial charge in [-0.2, -0.15) is 0 Å². The zero-order chi connectivity index (χ0) is 12.6. The van der Waals surface area contributed by atoms with Gasteiger partial charge < -0.3 is 15.3 Å². The predicted octanol–water partition coefficient (Wildman–Crippen LogP) is 1.87. The molecule has 2 heterocycles. The summed E-state index contributed by atoms with van der Waals surface area (Å²) in [4.78, 5) is 2.30. The second-order valence-corrected chi connectivity index (χ2v) is 5.80. The normalized spacial score (nSPS) is 27.3. The standard InChI is InChI=1S/C15H22N2O/c1-17-10-8-15(18,9-11-17)14-7-6-12-4-2-3-5-13(12)16-14/h2-5,14,16,18H,6-11H2,1H3. The number of rotatable bonds is 1. The average Bonchev–Trinajstić information content (AvgIpc) is 2.42. The fraction of sp³-hybridized carbons (Fsp3) is 0.600. The van der Waals surface area contributed by atoms with E-state index in [1.54, 1.807) is 0 Å². The molecule has 98 valence electrons. The third-order valence-corrected chi connectivity index (χ3v) is 4.55. The molecule has 1 aromatic rings. The van der Waals surface area contributed by atoms with Crippen molar-refractivity contribution in [1.82, 2.24) is 4.90 Å². The topological polar surface area (TPSA) is 35.5 Å². The lowest BCUT2D eigenvalue weighted by Crippen LogP contribution is -2.54. The molecule has 2 aliphatic heterocycles. The van der Waals surface area contributed by atoms with Crippen molar-refractivity contribution in [2.75, 3.05) is 25.5 Å². The van der Waals surface area contributed by atoms with Crippen LogP contribution in [0.2, 0.25) is 0 Å². The van der Waals surface area contributed by atoms with Crippen LogP contribution in [0.5, 0.6) is 0 Å². The van der Waals surface area contributed by atoms with Crippen LogP contribution in [0.1, 0.15) is 24.8 Å². The molecule has 0 saturated carbocycles. The molecule has 3 rings (SSSR count). The molecule has 0 amide bonds. The van der Waals surface area contributed by atoms with Gasteiger partial charge in [-0.3, -0.25) is 0 Å². The van der Waals surface area contributed by atoms with Crippen molar-refractivity contribution in [1.29, 1.82) is 0 Å². The maximum atomic E-state index is 10.9. The Labute approximate surface area is 109 Å². The number of hydrogen-bond donors (Lipinski definition) is 2. The summed E-state index contributed by atoms with van der Waals surface area (Å²) in [5.74, 6) is 0. The molecule has 3 heteroatoms. The van der Waals surface area contributed by atoms with Crippen molar-refractivity contribution < 1.29 is 5.11 Å². The Bertz CT molecular complexity index is 424. The molecule has 1 fully saturated rings.